The number of carbonyl (C=O) groups is 1. The number of hydrogen-bond acceptors (Lipinski definition) is 6. The molecule has 0 saturated carbocycles. The lowest BCUT2D eigenvalue weighted by molar-refractivity contribution is 0.255. The van der Waals surface area contributed by atoms with Gasteiger partial charge in [0.1, 0.15) is 11.4 Å². The van der Waals surface area contributed by atoms with Crippen LogP contribution in [0.5, 0.6) is 5.75 Å². The minimum Gasteiger partial charge on any atom is -0.506 e. The maximum atomic E-state index is 11.3. The summed E-state index contributed by atoms with van der Waals surface area (Å²) in [5, 5.41) is 18.9. The second-order valence-electron chi connectivity index (χ2n) is 4.54. The third-order valence-corrected chi connectivity index (χ3v) is 4.34. The minimum absolute atomic E-state index is 0.0241. The van der Waals surface area contributed by atoms with Gasteiger partial charge in [0.25, 0.3) is 10.1 Å². The Morgan fingerprint density at radius 1 is 1.50 bits per heavy atom. The highest BCUT2D eigenvalue weighted by Crippen LogP contribution is 2.41. The van der Waals surface area contributed by atoms with Crippen LogP contribution in [0, 0.1) is 0 Å². The SMILES string of the molecule is CC1(S(=O)(=O)O)Cc2cc(N=NC(N)=O)c(O)cc2N1. The van der Waals surface area contributed by atoms with E-state index in [1.807, 2.05) is 0 Å². The molecule has 108 valence electrons. The molecule has 1 heterocycles. The van der Waals surface area contributed by atoms with E-state index in [1.165, 1.54) is 19.1 Å². The van der Waals surface area contributed by atoms with Gasteiger partial charge < -0.3 is 16.2 Å². The van der Waals surface area contributed by atoms with E-state index in [2.05, 4.69) is 15.5 Å². The van der Waals surface area contributed by atoms with Crippen LogP contribution < -0.4 is 11.1 Å². The number of anilines is 1. The molecule has 1 aromatic rings. The van der Waals surface area contributed by atoms with Crippen LogP contribution in [-0.2, 0) is 16.5 Å². The molecular weight excluding hydrogens is 288 g/mol. The summed E-state index contributed by atoms with van der Waals surface area (Å²) >= 11 is 0. The quantitative estimate of drug-likeness (QED) is 0.474. The van der Waals surface area contributed by atoms with Crippen LogP contribution in [0.2, 0.25) is 0 Å². The van der Waals surface area contributed by atoms with Crippen LogP contribution in [0.15, 0.2) is 22.4 Å². The van der Waals surface area contributed by atoms with Crippen molar-refractivity contribution >= 4 is 27.5 Å². The van der Waals surface area contributed by atoms with Gasteiger partial charge >= 0.3 is 6.03 Å². The van der Waals surface area contributed by atoms with Gasteiger partial charge in [-0.15, -0.1) is 5.11 Å². The number of benzene rings is 1. The number of azo groups is 1. The first-order valence-electron chi connectivity index (χ1n) is 5.45. The molecule has 5 N–H and O–H groups in total. The second kappa shape index (κ2) is 4.42. The summed E-state index contributed by atoms with van der Waals surface area (Å²) < 4.78 is 31.9. The lowest BCUT2D eigenvalue weighted by Gasteiger charge is -2.20. The molecule has 0 aromatic heterocycles. The number of phenolic OH excluding ortho intramolecular Hbond substituents is 1. The van der Waals surface area contributed by atoms with Crippen molar-refractivity contribution in [3.8, 4) is 5.75 Å². The van der Waals surface area contributed by atoms with E-state index in [4.69, 9.17) is 5.73 Å². The molecule has 0 radical (unpaired) electrons. The summed E-state index contributed by atoms with van der Waals surface area (Å²) in [6, 6.07) is 1.58. The third-order valence-electron chi connectivity index (χ3n) is 2.95. The fraction of sp³-hybridized carbons (Fsp3) is 0.300. The third kappa shape index (κ3) is 2.42. The molecule has 0 spiro atoms. The fourth-order valence-electron chi connectivity index (χ4n) is 1.91. The number of nitrogens with two attached hydrogens (primary N) is 1. The summed E-state index contributed by atoms with van der Waals surface area (Å²) in [7, 11) is -4.34. The predicted molar refractivity (Wildman–Crippen MR) is 69.5 cm³/mol. The Labute approximate surface area is 114 Å². The van der Waals surface area contributed by atoms with Crippen molar-refractivity contribution in [2.75, 3.05) is 5.32 Å². The molecule has 1 aromatic carbocycles. The average Bonchev–Trinajstić information content (AvgIpc) is 2.62. The van der Waals surface area contributed by atoms with Crippen molar-refractivity contribution in [3.63, 3.8) is 0 Å². The normalized spacial score (nSPS) is 21.7. The lowest BCUT2D eigenvalue weighted by Crippen LogP contribution is -2.41. The number of amides is 2. The molecule has 2 amide bonds. The van der Waals surface area contributed by atoms with Crippen molar-refractivity contribution in [2.24, 2.45) is 16.0 Å². The van der Waals surface area contributed by atoms with E-state index in [0.717, 1.165) is 0 Å². The molecule has 10 heteroatoms. The number of nitrogens with zero attached hydrogens (tertiary/aromatic N) is 2. The van der Waals surface area contributed by atoms with Crippen molar-refractivity contribution < 1.29 is 22.9 Å². The Morgan fingerprint density at radius 3 is 2.70 bits per heavy atom. The second-order valence-corrected chi connectivity index (χ2v) is 6.40. The first-order valence-corrected chi connectivity index (χ1v) is 6.89. The van der Waals surface area contributed by atoms with E-state index in [1.54, 1.807) is 0 Å². The van der Waals surface area contributed by atoms with E-state index in [9.17, 15) is 22.9 Å². The number of hydrogen-bond donors (Lipinski definition) is 4. The number of aromatic hydroxyl groups is 1. The highest BCUT2D eigenvalue weighted by molar-refractivity contribution is 7.87. The Hall–Kier alpha value is -2.20. The monoisotopic (exact) mass is 300 g/mol. The molecule has 9 nitrogen and oxygen atoms in total. The molecule has 0 bridgehead atoms. The number of carbonyl (C=O) groups excluding carboxylic acids is 1. The van der Waals surface area contributed by atoms with Crippen LogP contribution in [0.25, 0.3) is 0 Å². The van der Waals surface area contributed by atoms with Crippen molar-refractivity contribution in [1.29, 1.82) is 0 Å². The van der Waals surface area contributed by atoms with Crippen molar-refractivity contribution in [1.82, 2.24) is 0 Å². The van der Waals surface area contributed by atoms with Gasteiger partial charge in [-0.1, -0.05) is 5.11 Å². The molecule has 0 aliphatic carbocycles. The molecule has 0 fully saturated rings. The number of fused-ring (bicyclic) bond motifs is 1. The van der Waals surface area contributed by atoms with E-state index < -0.39 is 21.0 Å². The van der Waals surface area contributed by atoms with Crippen LogP contribution in [-0.4, -0.2) is 29.0 Å². The Kier molecular flexibility index (Phi) is 3.14. The van der Waals surface area contributed by atoms with Crippen LogP contribution >= 0.6 is 0 Å². The maximum Gasteiger partial charge on any atom is 0.356 e. The molecule has 1 unspecified atom stereocenters. The smallest absolute Gasteiger partial charge is 0.356 e. The van der Waals surface area contributed by atoms with Crippen LogP contribution in [0.1, 0.15) is 12.5 Å². The number of urea groups is 1. The number of primary amides is 1. The van der Waals surface area contributed by atoms with Gasteiger partial charge in [0.2, 0.25) is 0 Å². The molecule has 1 aliphatic heterocycles. The Bertz CT molecular complexity index is 715. The van der Waals surface area contributed by atoms with Gasteiger partial charge in [-0.05, 0) is 18.6 Å². The summed E-state index contributed by atoms with van der Waals surface area (Å²) in [5.74, 6) is -0.305. The summed E-state index contributed by atoms with van der Waals surface area (Å²) in [4.78, 5) is 8.93. The van der Waals surface area contributed by atoms with E-state index >= 15 is 0 Å². The first kappa shape index (κ1) is 14.2. The molecule has 0 saturated heterocycles. The van der Waals surface area contributed by atoms with Gasteiger partial charge in [0.15, 0.2) is 4.87 Å². The zero-order chi connectivity index (χ0) is 15.1. The van der Waals surface area contributed by atoms with Crippen LogP contribution in [0.3, 0.4) is 0 Å². The molecule has 2 rings (SSSR count). The number of phenols is 1. The molecular formula is C10H12N4O5S. The lowest BCUT2D eigenvalue weighted by atomic mass is 10.1. The van der Waals surface area contributed by atoms with Crippen molar-refractivity contribution in [2.45, 2.75) is 18.2 Å². The van der Waals surface area contributed by atoms with Gasteiger partial charge in [0.05, 0.1) is 0 Å². The zero-order valence-corrected chi connectivity index (χ0v) is 11.2. The largest absolute Gasteiger partial charge is 0.506 e. The summed E-state index contributed by atoms with van der Waals surface area (Å²) in [5.41, 5.74) is 5.62. The topological polar surface area (TPSA) is 154 Å². The standard InChI is InChI=1S/C10H12N4O5S/c1-10(20(17,18)19)4-5-2-7(13-14-9(11)16)8(15)3-6(5)12-10/h2-3,12,15H,4H2,1H3,(H2,11,16)(H,17,18,19). The number of nitrogens with one attached hydrogen (secondary N) is 1. The van der Waals surface area contributed by atoms with Crippen molar-refractivity contribution in [3.05, 3.63) is 17.7 Å². The highest BCUT2D eigenvalue weighted by atomic mass is 32.2. The number of rotatable bonds is 2. The first-order chi connectivity index (χ1) is 9.12. The Morgan fingerprint density at radius 2 is 2.15 bits per heavy atom. The fourth-order valence-corrected chi connectivity index (χ4v) is 2.49. The van der Waals surface area contributed by atoms with Gasteiger partial charge in [-0.2, -0.15) is 8.42 Å². The average molecular weight is 300 g/mol. The van der Waals surface area contributed by atoms with E-state index in [-0.39, 0.29) is 17.9 Å². The summed E-state index contributed by atoms with van der Waals surface area (Å²) in [6.45, 7) is 1.31. The van der Waals surface area contributed by atoms with Gasteiger partial charge in [-0.3, -0.25) is 4.55 Å². The summed E-state index contributed by atoms with van der Waals surface area (Å²) in [6.07, 6.45) is -0.0272. The maximum absolute atomic E-state index is 11.3. The zero-order valence-electron chi connectivity index (χ0n) is 10.4. The Balaban J connectivity index is 2.42. The minimum atomic E-state index is -4.34. The molecule has 1 atom stereocenters. The van der Waals surface area contributed by atoms with E-state index in [0.29, 0.717) is 11.3 Å². The molecule has 20 heavy (non-hydrogen) atoms. The van der Waals surface area contributed by atoms with Gasteiger partial charge in [0, 0.05) is 18.2 Å². The van der Waals surface area contributed by atoms with Gasteiger partial charge in [-0.25, -0.2) is 4.79 Å². The van der Waals surface area contributed by atoms with Crippen LogP contribution in [0.4, 0.5) is 16.2 Å². The molecule has 1 aliphatic rings. The predicted octanol–water partition coefficient (Wildman–Crippen LogP) is 1.13. The highest BCUT2D eigenvalue weighted by Gasteiger charge is 2.43.